The molecule has 1 aliphatic rings. The predicted molar refractivity (Wildman–Crippen MR) is 88.8 cm³/mol. The first kappa shape index (κ1) is 14.9. The van der Waals surface area contributed by atoms with Gasteiger partial charge in [-0.1, -0.05) is 30.3 Å². The fraction of sp³-hybridized carbons (Fsp3) is 0.412. The normalized spacial score (nSPS) is 19.1. The molecule has 5 heteroatoms. The minimum atomic E-state index is 0.406. The zero-order valence-corrected chi connectivity index (χ0v) is 13.2. The Bertz CT molecular complexity index is 582. The van der Waals surface area contributed by atoms with E-state index in [1.54, 1.807) is 0 Å². The average Bonchev–Trinajstić information content (AvgIpc) is 2.57. The van der Waals surface area contributed by atoms with E-state index >= 15 is 0 Å². The lowest BCUT2D eigenvalue weighted by molar-refractivity contribution is 0.153. The van der Waals surface area contributed by atoms with Gasteiger partial charge in [0.2, 0.25) is 5.95 Å². The molecule has 0 aliphatic carbocycles. The Morgan fingerprint density at radius 3 is 2.59 bits per heavy atom. The van der Waals surface area contributed by atoms with Gasteiger partial charge in [0.05, 0.1) is 0 Å². The molecule has 0 amide bonds. The quantitative estimate of drug-likeness (QED) is 0.930. The lowest BCUT2D eigenvalue weighted by Gasteiger charge is -2.36. The molecule has 1 aromatic heterocycles. The molecule has 2 heterocycles. The maximum Gasteiger partial charge on any atom is 0.224 e. The fourth-order valence-corrected chi connectivity index (χ4v) is 2.83. The van der Waals surface area contributed by atoms with E-state index in [9.17, 15) is 0 Å². The van der Waals surface area contributed by atoms with Crippen LogP contribution in [-0.2, 0) is 6.54 Å². The summed E-state index contributed by atoms with van der Waals surface area (Å²) < 4.78 is 0. The minimum Gasteiger partial charge on any atom is -0.347 e. The van der Waals surface area contributed by atoms with E-state index in [0.717, 1.165) is 37.7 Å². The van der Waals surface area contributed by atoms with Crippen LogP contribution in [0.5, 0.6) is 0 Å². The van der Waals surface area contributed by atoms with Gasteiger partial charge in [0, 0.05) is 64.3 Å². The topological polar surface area (TPSA) is 44.3 Å². The highest BCUT2D eigenvalue weighted by atomic mass is 15.2. The highest BCUT2D eigenvalue weighted by molar-refractivity contribution is 5.27. The first-order valence-corrected chi connectivity index (χ1v) is 7.72. The molecule has 1 atom stereocenters. The van der Waals surface area contributed by atoms with Gasteiger partial charge in [-0.15, -0.1) is 0 Å². The first-order chi connectivity index (χ1) is 10.7. The Morgan fingerprint density at radius 1 is 1.18 bits per heavy atom. The molecule has 1 fully saturated rings. The molecular formula is C17H23N5. The van der Waals surface area contributed by atoms with Crippen molar-refractivity contribution in [3.63, 3.8) is 0 Å². The molecule has 1 saturated heterocycles. The van der Waals surface area contributed by atoms with E-state index < -0.39 is 0 Å². The maximum absolute atomic E-state index is 4.41. The third-order valence-electron chi connectivity index (χ3n) is 4.02. The van der Waals surface area contributed by atoms with Crippen LogP contribution in [0.2, 0.25) is 0 Å². The lowest BCUT2D eigenvalue weighted by Crippen LogP contribution is -2.45. The zero-order valence-electron chi connectivity index (χ0n) is 13.2. The third kappa shape index (κ3) is 3.43. The molecule has 1 N–H and O–H groups in total. The summed E-state index contributed by atoms with van der Waals surface area (Å²) in [6, 6.07) is 11.1. The van der Waals surface area contributed by atoms with Crippen LogP contribution in [0, 0.1) is 0 Å². The zero-order chi connectivity index (χ0) is 15.4. The van der Waals surface area contributed by atoms with Gasteiger partial charge in [0.15, 0.2) is 0 Å². The highest BCUT2D eigenvalue weighted by Gasteiger charge is 2.23. The molecule has 2 aromatic rings. The molecule has 5 nitrogen and oxygen atoms in total. The molecule has 0 radical (unpaired) electrons. The van der Waals surface area contributed by atoms with Crippen molar-refractivity contribution in [2.75, 3.05) is 38.6 Å². The van der Waals surface area contributed by atoms with E-state index in [0.29, 0.717) is 6.04 Å². The molecule has 1 aromatic carbocycles. The van der Waals surface area contributed by atoms with Crippen molar-refractivity contribution in [2.24, 2.45) is 0 Å². The van der Waals surface area contributed by atoms with Gasteiger partial charge in [0.1, 0.15) is 0 Å². The molecule has 0 unspecified atom stereocenters. The molecule has 0 spiro atoms. The molecule has 22 heavy (non-hydrogen) atoms. The van der Waals surface area contributed by atoms with Crippen LogP contribution in [0.3, 0.4) is 0 Å². The predicted octanol–water partition coefficient (Wildman–Crippen LogP) is 1.69. The lowest BCUT2D eigenvalue weighted by atomic mass is 10.0. The van der Waals surface area contributed by atoms with Crippen molar-refractivity contribution in [3.8, 4) is 0 Å². The van der Waals surface area contributed by atoms with E-state index in [1.165, 1.54) is 5.56 Å². The van der Waals surface area contributed by atoms with Crippen molar-refractivity contribution >= 4 is 5.95 Å². The van der Waals surface area contributed by atoms with Crippen molar-refractivity contribution < 1.29 is 0 Å². The monoisotopic (exact) mass is 297 g/mol. The summed E-state index contributed by atoms with van der Waals surface area (Å²) in [6.07, 6.45) is 3.87. The second kappa shape index (κ2) is 6.85. The number of anilines is 1. The van der Waals surface area contributed by atoms with Gasteiger partial charge >= 0.3 is 0 Å². The Labute approximate surface area is 132 Å². The minimum absolute atomic E-state index is 0.406. The van der Waals surface area contributed by atoms with Crippen molar-refractivity contribution in [2.45, 2.75) is 12.6 Å². The fourth-order valence-electron chi connectivity index (χ4n) is 2.83. The molecule has 0 bridgehead atoms. The number of hydrogen-bond acceptors (Lipinski definition) is 5. The first-order valence-electron chi connectivity index (χ1n) is 7.72. The molecular weight excluding hydrogens is 274 g/mol. The van der Waals surface area contributed by atoms with Gasteiger partial charge in [-0.3, -0.25) is 4.90 Å². The number of nitrogens with one attached hydrogen (secondary N) is 1. The Morgan fingerprint density at radius 2 is 1.91 bits per heavy atom. The number of hydrogen-bond donors (Lipinski definition) is 1. The van der Waals surface area contributed by atoms with Crippen LogP contribution in [-0.4, -0.2) is 48.6 Å². The second-order valence-electron chi connectivity index (χ2n) is 5.89. The molecule has 1 aliphatic heterocycles. The Balaban J connectivity index is 1.74. The van der Waals surface area contributed by atoms with Crippen LogP contribution < -0.4 is 10.2 Å². The highest BCUT2D eigenvalue weighted by Crippen LogP contribution is 2.23. The standard InChI is InChI=1S/C17H23N5/c1-21(2)17-19-10-14(11-20-17)13-22-9-8-18-12-16(22)15-6-4-3-5-7-15/h3-7,10-11,16,18H,8-9,12-13H2,1-2H3/t16-/m0/s1. The Kier molecular flexibility index (Phi) is 4.65. The van der Waals surface area contributed by atoms with Crippen LogP contribution in [0.1, 0.15) is 17.2 Å². The summed E-state index contributed by atoms with van der Waals surface area (Å²) >= 11 is 0. The van der Waals surface area contributed by atoms with Gasteiger partial charge < -0.3 is 10.2 Å². The molecule has 0 saturated carbocycles. The summed E-state index contributed by atoms with van der Waals surface area (Å²) in [5.41, 5.74) is 2.52. The smallest absolute Gasteiger partial charge is 0.224 e. The SMILES string of the molecule is CN(C)c1ncc(CN2CCNC[C@H]2c2ccccc2)cn1. The van der Waals surface area contributed by atoms with E-state index in [4.69, 9.17) is 0 Å². The van der Waals surface area contributed by atoms with Gasteiger partial charge in [-0.05, 0) is 5.56 Å². The maximum atomic E-state index is 4.41. The van der Waals surface area contributed by atoms with Crippen LogP contribution >= 0.6 is 0 Å². The second-order valence-corrected chi connectivity index (χ2v) is 5.89. The number of rotatable bonds is 4. The van der Waals surface area contributed by atoms with Crippen molar-refractivity contribution in [1.82, 2.24) is 20.2 Å². The third-order valence-corrected chi connectivity index (χ3v) is 4.02. The van der Waals surface area contributed by atoms with Crippen LogP contribution in [0.4, 0.5) is 5.95 Å². The van der Waals surface area contributed by atoms with Crippen molar-refractivity contribution in [1.29, 1.82) is 0 Å². The van der Waals surface area contributed by atoms with E-state index in [1.807, 2.05) is 31.4 Å². The summed E-state index contributed by atoms with van der Waals surface area (Å²) in [6.45, 7) is 3.94. The van der Waals surface area contributed by atoms with Gasteiger partial charge in [0.25, 0.3) is 0 Å². The summed E-state index contributed by atoms with van der Waals surface area (Å²) in [5, 5.41) is 3.49. The van der Waals surface area contributed by atoms with Crippen molar-refractivity contribution in [3.05, 3.63) is 53.9 Å². The summed E-state index contributed by atoms with van der Waals surface area (Å²) in [7, 11) is 3.91. The van der Waals surface area contributed by atoms with Gasteiger partial charge in [-0.2, -0.15) is 0 Å². The number of aromatic nitrogens is 2. The summed E-state index contributed by atoms with van der Waals surface area (Å²) in [4.78, 5) is 13.2. The Hall–Kier alpha value is -1.98. The van der Waals surface area contributed by atoms with Crippen LogP contribution in [0.15, 0.2) is 42.7 Å². The molecule has 116 valence electrons. The average molecular weight is 297 g/mol. The largest absolute Gasteiger partial charge is 0.347 e. The van der Waals surface area contributed by atoms with Gasteiger partial charge in [-0.25, -0.2) is 9.97 Å². The summed E-state index contributed by atoms with van der Waals surface area (Å²) in [5.74, 6) is 0.753. The van der Waals surface area contributed by atoms with E-state index in [-0.39, 0.29) is 0 Å². The number of benzene rings is 1. The van der Waals surface area contributed by atoms with Crippen LogP contribution in [0.25, 0.3) is 0 Å². The molecule has 3 rings (SSSR count). The number of piperazine rings is 1. The number of nitrogens with zero attached hydrogens (tertiary/aromatic N) is 4. The van der Waals surface area contributed by atoms with E-state index in [2.05, 4.69) is 50.5 Å².